The highest BCUT2D eigenvalue weighted by molar-refractivity contribution is 5.91. The van der Waals surface area contributed by atoms with Crippen molar-refractivity contribution in [1.82, 2.24) is 0 Å². The van der Waals surface area contributed by atoms with E-state index in [2.05, 4.69) is 22.3 Å². The van der Waals surface area contributed by atoms with Crippen molar-refractivity contribution >= 4 is 17.3 Å². The van der Waals surface area contributed by atoms with E-state index in [1.807, 2.05) is 26.0 Å². The Hall–Kier alpha value is -1.55. The molecular formula is C15H22N2O2. The van der Waals surface area contributed by atoms with Gasteiger partial charge in [0.05, 0.1) is 6.10 Å². The van der Waals surface area contributed by atoms with Gasteiger partial charge < -0.3 is 15.0 Å². The Kier molecular flexibility index (Phi) is 4.80. The SMILES string of the molecule is CC(C)OCC(=O)Nc1ccc(N2CCCC2)cc1. The molecule has 1 N–H and O–H groups in total. The van der Waals surface area contributed by atoms with Gasteiger partial charge in [-0.25, -0.2) is 0 Å². The quantitative estimate of drug-likeness (QED) is 0.887. The Balaban J connectivity index is 1.86. The van der Waals surface area contributed by atoms with Gasteiger partial charge in [-0.15, -0.1) is 0 Å². The Labute approximate surface area is 114 Å². The van der Waals surface area contributed by atoms with Gasteiger partial charge in [-0.1, -0.05) is 0 Å². The largest absolute Gasteiger partial charge is 0.372 e. The fourth-order valence-corrected chi connectivity index (χ4v) is 2.17. The molecule has 1 aliphatic heterocycles. The van der Waals surface area contributed by atoms with Crippen molar-refractivity contribution in [2.24, 2.45) is 0 Å². The van der Waals surface area contributed by atoms with Crippen LogP contribution in [0.15, 0.2) is 24.3 Å². The minimum atomic E-state index is -0.109. The molecule has 1 amide bonds. The lowest BCUT2D eigenvalue weighted by molar-refractivity contribution is -0.121. The van der Waals surface area contributed by atoms with Gasteiger partial charge in [0.1, 0.15) is 6.61 Å². The average molecular weight is 262 g/mol. The summed E-state index contributed by atoms with van der Waals surface area (Å²) in [6.45, 7) is 6.20. The van der Waals surface area contributed by atoms with E-state index in [-0.39, 0.29) is 18.6 Å². The van der Waals surface area contributed by atoms with Crippen LogP contribution >= 0.6 is 0 Å². The molecule has 0 aliphatic carbocycles. The molecule has 0 aromatic heterocycles. The molecule has 0 atom stereocenters. The summed E-state index contributed by atoms with van der Waals surface area (Å²) in [6.07, 6.45) is 2.61. The van der Waals surface area contributed by atoms with Gasteiger partial charge in [0, 0.05) is 24.5 Å². The molecule has 104 valence electrons. The number of hydrogen-bond acceptors (Lipinski definition) is 3. The highest BCUT2D eigenvalue weighted by Gasteiger charge is 2.12. The van der Waals surface area contributed by atoms with Crippen LogP contribution in [0.2, 0.25) is 0 Å². The molecule has 1 fully saturated rings. The number of ether oxygens (including phenoxy) is 1. The van der Waals surface area contributed by atoms with E-state index in [9.17, 15) is 4.79 Å². The summed E-state index contributed by atoms with van der Waals surface area (Å²) in [6, 6.07) is 8.01. The van der Waals surface area contributed by atoms with E-state index in [0.29, 0.717) is 0 Å². The Morgan fingerprint density at radius 2 is 1.89 bits per heavy atom. The molecule has 0 spiro atoms. The van der Waals surface area contributed by atoms with Gasteiger partial charge in [-0.3, -0.25) is 4.79 Å². The topological polar surface area (TPSA) is 41.6 Å². The number of carbonyl (C=O) groups is 1. The highest BCUT2D eigenvalue weighted by Crippen LogP contribution is 2.21. The minimum Gasteiger partial charge on any atom is -0.372 e. The van der Waals surface area contributed by atoms with Crippen LogP contribution in [0.3, 0.4) is 0 Å². The number of nitrogens with one attached hydrogen (secondary N) is 1. The summed E-state index contributed by atoms with van der Waals surface area (Å²) in [7, 11) is 0. The number of amides is 1. The molecule has 1 aromatic carbocycles. The Bertz CT molecular complexity index is 409. The molecular weight excluding hydrogens is 240 g/mol. The molecule has 19 heavy (non-hydrogen) atoms. The lowest BCUT2D eigenvalue weighted by atomic mass is 10.2. The van der Waals surface area contributed by atoms with E-state index in [4.69, 9.17) is 4.74 Å². The first-order valence-corrected chi connectivity index (χ1v) is 6.91. The van der Waals surface area contributed by atoms with Crippen LogP contribution in [0, 0.1) is 0 Å². The summed E-state index contributed by atoms with van der Waals surface area (Å²) in [4.78, 5) is 14.0. The smallest absolute Gasteiger partial charge is 0.250 e. The molecule has 0 saturated carbocycles. The lowest BCUT2D eigenvalue weighted by Crippen LogP contribution is -2.21. The number of anilines is 2. The van der Waals surface area contributed by atoms with Crippen molar-refractivity contribution in [3.63, 3.8) is 0 Å². The maximum Gasteiger partial charge on any atom is 0.250 e. The molecule has 2 rings (SSSR count). The van der Waals surface area contributed by atoms with Crippen molar-refractivity contribution in [3.05, 3.63) is 24.3 Å². The van der Waals surface area contributed by atoms with Crippen LogP contribution < -0.4 is 10.2 Å². The standard InChI is InChI=1S/C15H22N2O2/c1-12(2)19-11-15(18)16-13-5-7-14(8-6-13)17-9-3-4-10-17/h5-8,12H,3-4,9-11H2,1-2H3,(H,16,18). The number of rotatable bonds is 5. The monoisotopic (exact) mass is 262 g/mol. The first-order chi connectivity index (χ1) is 9.15. The van der Waals surface area contributed by atoms with Gasteiger partial charge in [0.2, 0.25) is 5.91 Å². The predicted octanol–water partition coefficient (Wildman–Crippen LogP) is 2.65. The van der Waals surface area contributed by atoms with Crippen LogP contribution in [0.5, 0.6) is 0 Å². The van der Waals surface area contributed by atoms with Crippen molar-refractivity contribution in [2.75, 3.05) is 29.9 Å². The van der Waals surface area contributed by atoms with Crippen LogP contribution in [0.25, 0.3) is 0 Å². The lowest BCUT2D eigenvalue weighted by Gasteiger charge is -2.17. The maximum atomic E-state index is 11.6. The summed E-state index contributed by atoms with van der Waals surface area (Å²) in [5.41, 5.74) is 2.05. The van der Waals surface area contributed by atoms with Gasteiger partial charge in [-0.05, 0) is 51.0 Å². The van der Waals surface area contributed by atoms with E-state index < -0.39 is 0 Å². The van der Waals surface area contributed by atoms with Crippen LogP contribution in [0.4, 0.5) is 11.4 Å². The fraction of sp³-hybridized carbons (Fsp3) is 0.533. The van der Waals surface area contributed by atoms with Gasteiger partial charge in [-0.2, -0.15) is 0 Å². The van der Waals surface area contributed by atoms with Crippen molar-refractivity contribution in [3.8, 4) is 0 Å². The molecule has 1 aliphatic rings. The molecule has 1 aromatic rings. The predicted molar refractivity (Wildman–Crippen MR) is 77.6 cm³/mol. The molecule has 0 bridgehead atoms. The summed E-state index contributed by atoms with van der Waals surface area (Å²) >= 11 is 0. The fourth-order valence-electron chi connectivity index (χ4n) is 2.17. The zero-order valence-electron chi connectivity index (χ0n) is 11.7. The van der Waals surface area contributed by atoms with E-state index >= 15 is 0 Å². The van der Waals surface area contributed by atoms with E-state index in [1.54, 1.807) is 0 Å². The molecule has 1 saturated heterocycles. The Morgan fingerprint density at radius 1 is 1.26 bits per heavy atom. The summed E-state index contributed by atoms with van der Waals surface area (Å²) in [5.74, 6) is -0.109. The molecule has 4 heteroatoms. The third-order valence-corrected chi connectivity index (χ3v) is 3.17. The van der Waals surface area contributed by atoms with Gasteiger partial charge in [0.15, 0.2) is 0 Å². The second-order valence-electron chi connectivity index (χ2n) is 5.15. The van der Waals surface area contributed by atoms with Crippen molar-refractivity contribution < 1.29 is 9.53 Å². The second-order valence-corrected chi connectivity index (χ2v) is 5.15. The minimum absolute atomic E-state index is 0.0725. The third-order valence-electron chi connectivity index (χ3n) is 3.17. The van der Waals surface area contributed by atoms with Crippen molar-refractivity contribution in [1.29, 1.82) is 0 Å². The molecule has 4 nitrogen and oxygen atoms in total. The first-order valence-electron chi connectivity index (χ1n) is 6.91. The number of benzene rings is 1. The van der Waals surface area contributed by atoms with E-state index in [1.165, 1.54) is 18.5 Å². The molecule has 0 unspecified atom stereocenters. The molecule has 0 radical (unpaired) electrons. The second kappa shape index (κ2) is 6.57. The van der Waals surface area contributed by atoms with Gasteiger partial charge in [0.25, 0.3) is 0 Å². The van der Waals surface area contributed by atoms with E-state index in [0.717, 1.165) is 18.8 Å². The number of nitrogens with zero attached hydrogens (tertiary/aromatic N) is 1. The highest BCUT2D eigenvalue weighted by atomic mass is 16.5. The van der Waals surface area contributed by atoms with Crippen LogP contribution in [0.1, 0.15) is 26.7 Å². The van der Waals surface area contributed by atoms with Gasteiger partial charge >= 0.3 is 0 Å². The zero-order chi connectivity index (χ0) is 13.7. The number of carbonyl (C=O) groups excluding carboxylic acids is 1. The summed E-state index contributed by atoms with van der Waals surface area (Å²) < 4.78 is 5.26. The maximum absolute atomic E-state index is 11.6. The third kappa shape index (κ3) is 4.24. The Morgan fingerprint density at radius 3 is 2.47 bits per heavy atom. The zero-order valence-corrected chi connectivity index (χ0v) is 11.7. The van der Waals surface area contributed by atoms with Crippen LogP contribution in [-0.2, 0) is 9.53 Å². The average Bonchev–Trinajstić information content (AvgIpc) is 2.91. The molecule has 1 heterocycles. The normalized spacial score (nSPS) is 15.0. The van der Waals surface area contributed by atoms with Crippen LogP contribution in [-0.4, -0.2) is 31.7 Å². The number of hydrogen-bond donors (Lipinski definition) is 1. The first kappa shape index (κ1) is 13.9. The summed E-state index contributed by atoms with van der Waals surface area (Å²) in [5, 5.41) is 2.83. The van der Waals surface area contributed by atoms with Crippen molar-refractivity contribution in [2.45, 2.75) is 32.8 Å².